The summed E-state index contributed by atoms with van der Waals surface area (Å²) in [7, 11) is -1.51. The number of cyclic esters (lactones) is 1. The van der Waals surface area contributed by atoms with Crippen LogP contribution in [0.4, 0.5) is 4.79 Å². The number of amides is 1. The molecule has 3 aliphatic heterocycles. The largest absolute Gasteiger partial charge is 0.457 e. The van der Waals surface area contributed by atoms with Gasteiger partial charge in [-0.1, -0.05) is 38.1 Å². The second-order valence-corrected chi connectivity index (χ2v) is 13.9. The topological polar surface area (TPSA) is 117 Å². The van der Waals surface area contributed by atoms with Gasteiger partial charge in [0.05, 0.1) is 17.4 Å². The highest BCUT2D eigenvalue weighted by Crippen LogP contribution is 2.27. The highest BCUT2D eigenvalue weighted by molar-refractivity contribution is 7.89. The molecule has 10 nitrogen and oxygen atoms in total. The van der Waals surface area contributed by atoms with Crippen LogP contribution in [-0.2, 0) is 24.3 Å². The molecule has 3 aliphatic rings. The van der Waals surface area contributed by atoms with E-state index in [1.165, 1.54) is 4.31 Å². The van der Waals surface area contributed by atoms with E-state index in [1.54, 1.807) is 23.1 Å². The van der Waals surface area contributed by atoms with Crippen molar-refractivity contribution in [2.75, 3.05) is 46.3 Å². The molecule has 1 amide bonds. The number of carbonyl (C=O) groups is 2. The molecule has 1 N–H and O–H groups in total. The van der Waals surface area contributed by atoms with E-state index in [2.05, 4.69) is 4.90 Å². The molecule has 0 radical (unpaired) electrons. The molecule has 0 aromatic heterocycles. The summed E-state index contributed by atoms with van der Waals surface area (Å²) >= 11 is 0. The van der Waals surface area contributed by atoms with Crippen molar-refractivity contribution >= 4 is 28.2 Å². The number of aliphatic hydroxyl groups excluding tert-OH is 1. The van der Waals surface area contributed by atoms with Crippen LogP contribution in [0.15, 0.2) is 46.9 Å². The number of ether oxygens (including phenoxy) is 2. The zero-order valence-electron chi connectivity index (χ0n) is 25.1. The van der Waals surface area contributed by atoms with E-state index in [0.29, 0.717) is 44.6 Å². The zero-order valence-corrected chi connectivity index (χ0v) is 26.0. The summed E-state index contributed by atoms with van der Waals surface area (Å²) in [5.74, 6) is -0.853. The Kier molecular flexibility index (Phi) is 10.9. The number of esters is 1. The van der Waals surface area contributed by atoms with Crippen molar-refractivity contribution in [2.24, 2.45) is 11.8 Å². The van der Waals surface area contributed by atoms with Gasteiger partial charge in [0.15, 0.2) is 0 Å². The average Bonchev–Trinajstić information content (AvgIpc) is 2.91. The van der Waals surface area contributed by atoms with Crippen molar-refractivity contribution in [1.82, 2.24) is 14.1 Å². The molecule has 4 rings (SSSR count). The van der Waals surface area contributed by atoms with Gasteiger partial charge in [-0.25, -0.2) is 13.2 Å². The van der Waals surface area contributed by atoms with E-state index in [0.717, 1.165) is 25.1 Å². The van der Waals surface area contributed by atoms with Gasteiger partial charge in [-0.3, -0.25) is 4.79 Å². The Bertz CT molecular complexity index is 1270. The first-order valence-electron chi connectivity index (χ1n) is 14.9. The first kappa shape index (κ1) is 32.2. The fourth-order valence-corrected chi connectivity index (χ4v) is 6.99. The number of piperazine rings is 1. The fourth-order valence-electron chi connectivity index (χ4n) is 5.42. The molecule has 11 heteroatoms. The normalized spacial score (nSPS) is 29.9. The standard InChI is InChI=1S/C31H45N3O7S/c1-22-9-11-26(35)21-29(36)41-30(23(2)10-12-28(22)40-31(37)33-17-15-32(4)16-18-33)24(3)19-25-7-5-8-27(20-25)42(38,39)34-13-6-14-34/h5,7-8,10,12,19-20,22-23,26,28,30,35H,6,9,11,13-18,21H2,1-4H3/b12-10+,24-19+/t22-,23-,26+,28+,30-/m0/s1. The number of hydrogen-bond donors (Lipinski definition) is 1. The van der Waals surface area contributed by atoms with E-state index < -0.39 is 34.3 Å². The third-order valence-corrected chi connectivity index (χ3v) is 10.3. The highest BCUT2D eigenvalue weighted by Gasteiger charge is 2.31. The van der Waals surface area contributed by atoms with Crippen LogP contribution in [0.1, 0.15) is 52.0 Å². The van der Waals surface area contributed by atoms with Crippen LogP contribution < -0.4 is 0 Å². The van der Waals surface area contributed by atoms with Gasteiger partial charge in [-0.15, -0.1) is 0 Å². The summed E-state index contributed by atoms with van der Waals surface area (Å²) in [5.41, 5.74) is 1.41. The zero-order chi connectivity index (χ0) is 30.4. The first-order chi connectivity index (χ1) is 19.9. The molecule has 42 heavy (non-hydrogen) atoms. The number of benzene rings is 1. The molecule has 232 valence electrons. The summed E-state index contributed by atoms with van der Waals surface area (Å²) in [6, 6.07) is 6.75. The maximum atomic E-state index is 13.0. The van der Waals surface area contributed by atoms with Crippen molar-refractivity contribution in [1.29, 1.82) is 0 Å². The molecular weight excluding hydrogens is 558 g/mol. The van der Waals surface area contributed by atoms with Crippen LogP contribution in [-0.4, -0.2) is 104 Å². The van der Waals surface area contributed by atoms with Crippen LogP contribution in [0.5, 0.6) is 0 Å². The molecular formula is C31H45N3O7S. The first-order valence-corrected chi connectivity index (χ1v) is 16.4. The Morgan fingerprint density at radius 2 is 1.79 bits per heavy atom. The van der Waals surface area contributed by atoms with Gasteiger partial charge in [0.25, 0.3) is 0 Å². The number of rotatable bonds is 5. The lowest BCUT2D eigenvalue weighted by Gasteiger charge is -2.33. The summed E-state index contributed by atoms with van der Waals surface area (Å²) in [6.45, 7) is 9.60. The Labute approximate surface area is 250 Å². The lowest BCUT2D eigenvalue weighted by molar-refractivity contribution is -0.151. The predicted molar refractivity (Wildman–Crippen MR) is 160 cm³/mol. The SMILES string of the molecule is C/C(=C\c1cccc(S(=O)(=O)N2CCC2)c1)[C@H]1OC(=O)C[C@H](O)CC[C@H](C)[C@H](OC(=O)N2CCN(C)CC2)/C=C/[C@@H]1C. The number of carbonyl (C=O) groups excluding carboxylic acids is 2. The molecule has 0 spiro atoms. The van der Waals surface area contributed by atoms with Crippen molar-refractivity contribution in [3.8, 4) is 0 Å². The van der Waals surface area contributed by atoms with Gasteiger partial charge in [0, 0.05) is 45.2 Å². The lowest BCUT2D eigenvalue weighted by atomic mass is 9.91. The Hall–Kier alpha value is -2.73. The van der Waals surface area contributed by atoms with E-state index in [4.69, 9.17) is 9.47 Å². The molecule has 0 bridgehead atoms. The summed E-state index contributed by atoms with van der Waals surface area (Å²) < 4.78 is 39.1. The molecule has 2 fully saturated rings. The Balaban J connectivity index is 1.56. The maximum absolute atomic E-state index is 13.0. The van der Waals surface area contributed by atoms with Gasteiger partial charge in [-0.05, 0) is 68.5 Å². The number of hydrogen-bond acceptors (Lipinski definition) is 8. The number of sulfonamides is 1. The Morgan fingerprint density at radius 3 is 2.45 bits per heavy atom. The molecule has 0 unspecified atom stereocenters. The van der Waals surface area contributed by atoms with Crippen molar-refractivity contribution < 1.29 is 32.6 Å². The molecule has 3 heterocycles. The third kappa shape index (κ3) is 8.21. The minimum atomic E-state index is -3.54. The van der Waals surface area contributed by atoms with Crippen LogP contribution in [0.2, 0.25) is 0 Å². The summed E-state index contributed by atoms with van der Waals surface area (Å²) in [5, 5.41) is 10.6. The van der Waals surface area contributed by atoms with Crippen molar-refractivity contribution in [2.45, 2.75) is 69.7 Å². The quantitative estimate of drug-likeness (QED) is 0.402. The van der Waals surface area contributed by atoms with Crippen LogP contribution in [0, 0.1) is 11.8 Å². The molecule has 2 saturated heterocycles. The monoisotopic (exact) mass is 603 g/mol. The van der Waals surface area contributed by atoms with Crippen LogP contribution in [0.25, 0.3) is 6.08 Å². The average molecular weight is 604 g/mol. The number of likely N-dealkylation sites (N-methyl/N-ethyl adjacent to an activating group) is 1. The second kappa shape index (κ2) is 14.2. The van der Waals surface area contributed by atoms with Gasteiger partial charge in [0.2, 0.25) is 10.0 Å². The van der Waals surface area contributed by atoms with Crippen molar-refractivity contribution in [3.63, 3.8) is 0 Å². The van der Waals surface area contributed by atoms with Crippen molar-refractivity contribution in [3.05, 3.63) is 47.6 Å². The van der Waals surface area contributed by atoms with E-state index >= 15 is 0 Å². The van der Waals surface area contributed by atoms with Gasteiger partial charge < -0.3 is 24.4 Å². The molecule has 0 aliphatic carbocycles. The molecule has 5 atom stereocenters. The molecule has 0 saturated carbocycles. The van der Waals surface area contributed by atoms with E-state index in [9.17, 15) is 23.1 Å². The third-order valence-electron chi connectivity index (χ3n) is 8.41. The fraction of sp³-hybridized carbons (Fsp3) is 0.613. The number of nitrogens with zero attached hydrogens (tertiary/aromatic N) is 3. The molecule has 1 aromatic carbocycles. The van der Waals surface area contributed by atoms with Gasteiger partial charge >= 0.3 is 12.1 Å². The van der Waals surface area contributed by atoms with Crippen LogP contribution >= 0.6 is 0 Å². The lowest BCUT2D eigenvalue weighted by Crippen LogP contribution is -2.48. The number of aliphatic hydroxyl groups is 1. The Morgan fingerprint density at radius 1 is 1.07 bits per heavy atom. The second-order valence-electron chi connectivity index (χ2n) is 11.9. The van der Waals surface area contributed by atoms with Gasteiger partial charge in [0.1, 0.15) is 12.2 Å². The summed E-state index contributed by atoms with van der Waals surface area (Å²) in [4.78, 5) is 29.9. The molecule has 1 aromatic rings. The smallest absolute Gasteiger partial charge is 0.410 e. The summed E-state index contributed by atoms with van der Waals surface area (Å²) in [6.07, 6.45) is 4.89. The predicted octanol–water partition coefficient (Wildman–Crippen LogP) is 3.52. The highest BCUT2D eigenvalue weighted by atomic mass is 32.2. The minimum Gasteiger partial charge on any atom is -0.457 e. The maximum Gasteiger partial charge on any atom is 0.410 e. The van der Waals surface area contributed by atoms with E-state index in [-0.39, 0.29) is 29.2 Å². The van der Waals surface area contributed by atoms with E-state index in [1.807, 2.05) is 52.1 Å². The van der Waals surface area contributed by atoms with Gasteiger partial charge in [-0.2, -0.15) is 4.31 Å². The minimum absolute atomic E-state index is 0.0684. The van der Waals surface area contributed by atoms with Crippen LogP contribution in [0.3, 0.4) is 0 Å².